The summed E-state index contributed by atoms with van der Waals surface area (Å²) >= 11 is 1.23. The standard InChI is InChI=1S/C27H28N2O7S/c1-7-36-26(31)23-15(2)28-27-29(24(23)16-8-10-20(34-5)21(13-16)35-6)25(30)22(37-27)14-17-12-18(32-3)9-11-19(17)33-4/h8-14,24H,7H2,1-6H3/t24-/m0/s1. The first kappa shape index (κ1) is 26.0. The van der Waals surface area contributed by atoms with E-state index in [9.17, 15) is 9.59 Å². The molecule has 0 bridgehead atoms. The number of hydrogen-bond acceptors (Lipinski definition) is 9. The molecule has 0 saturated heterocycles. The van der Waals surface area contributed by atoms with Crippen molar-refractivity contribution in [3.05, 3.63) is 78.5 Å². The van der Waals surface area contributed by atoms with Crippen LogP contribution in [0.25, 0.3) is 6.08 Å². The lowest BCUT2D eigenvalue weighted by Crippen LogP contribution is -2.40. The number of aromatic nitrogens is 1. The number of ether oxygens (including phenoxy) is 5. The molecule has 1 aliphatic rings. The van der Waals surface area contributed by atoms with Crippen LogP contribution in [0.3, 0.4) is 0 Å². The molecule has 1 aliphatic heterocycles. The highest BCUT2D eigenvalue weighted by molar-refractivity contribution is 7.07. The van der Waals surface area contributed by atoms with Crippen molar-refractivity contribution in [1.29, 1.82) is 0 Å². The topological polar surface area (TPSA) is 97.6 Å². The Labute approximate surface area is 217 Å². The first-order valence-electron chi connectivity index (χ1n) is 11.5. The van der Waals surface area contributed by atoms with E-state index in [1.807, 2.05) is 0 Å². The molecule has 0 saturated carbocycles. The maximum atomic E-state index is 13.8. The molecule has 0 radical (unpaired) electrons. The van der Waals surface area contributed by atoms with E-state index < -0.39 is 12.0 Å². The van der Waals surface area contributed by atoms with Gasteiger partial charge in [0.1, 0.15) is 11.5 Å². The number of hydrogen-bond donors (Lipinski definition) is 0. The van der Waals surface area contributed by atoms with Gasteiger partial charge in [0, 0.05) is 5.56 Å². The summed E-state index contributed by atoms with van der Waals surface area (Å²) < 4.78 is 29.0. The summed E-state index contributed by atoms with van der Waals surface area (Å²) in [5.41, 5.74) is 1.79. The minimum atomic E-state index is -0.774. The summed E-state index contributed by atoms with van der Waals surface area (Å²) in [6.45, 7) is 3.66. The fourth-order valence-electron chi connectivity index (χ4n) is 4.22. The molecule has 1 aromatic heterocycles. The van der Waals surface area contributed by atoms with Crippen molar-refractivity contribution in [2.24, 2.45) is 4.99 Å². The summed E-state index contributed by atoms with van der Waals surface area (Å²) in [5, 5.41) is 0. The number of carbonyl (C=O) groups excluding carboxylic acids is 1. The van der Waals surface area contributed by atoms with Gasteiger partial charge in [-0.15, -0.1) is 0 Å². The van der Waals surface area contributed by atoms with Crippen LogP contribution in [0.4, 0.5) is 0 Å². The van der Waals surface area contributed by atoms with Crippen LogP contribution in [0.15, 0.2) is 57.5 Å². The van der Waals surface area contributed by atoms with Gasteiger partial charge < -0.3 is 23.7 Å². The lowest BCUT2D eigenvalue weighted by molar-refractivity contribution is -0.139. The monoisotopic (exact) mass is 524 g/mol. The number of benzene rings is 2. The highest BCUT2D eigenvalue weighted by atomic mass is 32.1. The molecule has 0 aliphatic carbocycles. The van der Waals surface area contributed by atoms with Gasteiger partial charge in [-0.05, 0) is 55.8 Å². The zero-order valence-corrected chi connectivity index (χ0v) is 22.3. The minimum Gasteiger partial charge on any atom is -0.497 e. The van der Waals surface area contributed by atoms with Gasteiger partial charge in [0.25, 0.3) is 5.56 Å². The Morgan fingerprint density at radius 3 is 2.35 bits per heavy atom. The van der Waals surface area contributed by atoms with Crippen molar-refractivity contribution in [2.75, 3.05) is 35.0 Å². The molecule has 10 heteroatoms. The quantitative estimate of drug-likeness (QED) is 0.418. The lowest BCUT2D eigenvalue weighted by Gasteiger charge is -2.25. The first-order valence-corrected chi connectivity index (χ1v) is 12.3. The Bertz CT molecular complexity index is 1550. The third-order valence-corrected chi connectivity index (χ3v) is 6.95. The number of carbonyl (C=O) groups is 1. The summed E-state index contributed by atoms with van der Waals surface area (Å²) in [6.07, 6.45) is 1.74. The molecule has 1 atom stereocenters. The molecule has 37 heavy (non-hydrogen) atoms. The Morgan fingerprint density at radius 1 is 1.00 bits per heavy atom. The van der Waals surface area contributed by atoms with Crippen LogP contribution >= 0.6 is 11.3 Å². The fraction of sp³-hybridized carbons (Fsp3) is 0.296. The predicted octanol–water partition coefficient (Wildman–Crippen LogP) is 2.83. The minimum absolute atomic E-state index is 0.189. The number of esters is 1. The third-order valence-electron chi connectivity index (χ3n) is 5.96. The van der Waals surface area contributed by atoms with E-state index in [1.54, 1.807) is 77.7 Å². The van der Waals surface area contributed by atoms with Crippen LogP contribution in [0.1, 0.15) is 31.0 Å². The summed E-state index contributed by atoms with van der Waals surface area (Å²) in [6, 6.07) is 9.86. The molecule has 0 spiro atoms. The van der Waals surface area contributed by atoms with E-state index >= 15 is 0 Å². The maximum Gasteiger partial charge on any atom is 0.338 e. The molecule has 0 amide bonds. The fourth-order valence-corrected chi connectivity index (χ4v) is 5.26. The molecule has 2 heterocycles. The van der Waals surface area contributed by atoms with E-state index in [-0.39, 0.29) is 17.7 Å². The molecule has 9 nitrogen and oxygen atoms in total. The normalized spacial score (nSPS) is 15.1. The zero-order valence-electron chi connectivity index (χ0n) is 21.5. The van der Waals surface area contributed by atoms with E-state index in [4.69, 9.17) is 23.7 Å². The Morgan fingerprint density at radius 2 is 1.70 bits per heavy atom. The molecule has 194 valence electrons. The van der Waals surface area contributed by atoms with Crippen molar-refractivity contribution < 1.29 is 28.5 Å². The molecule has 3 aromatic rings. The molecule has 0 unspecified atom stereocenters. The van der Waals surface area contributed by atoms with Gasteiger partial charge in [0.05, 0.1) is 56.9 Å². The van der Waals surface area contributed by atoms with Crippen molar-refractivity contribution in [3.63, 3.8) is 0 Å². The largest absolute Gasteiger partial charge is 0.497 e. The van der Waals surface area contributed by atoms with Gasteiger partial charge in [-0.1, -0.05) is 17.4 Å². The summed E-state index contributed by atoms with van der Waals surface area (Å²) in [5.74, 6) is 1.69. The van der Waals surface area contributed by atoms with Crippen LogP contribution in [0.2, 0.25) is 0 Å². The van der Waals surface area contributed by atoms with Gasteiger partial charge in [0.2, 0.25) is 0 Å². The van der Waals surface area contributed by atoms with Gasteiger partial charge in [-0.2, -0.15) is 0 Å². The van der Waals surface area contributed by atoms with Crippen molar-refractivity contribution in [1.82, 2.24) is 4.57 Å². The van der Waals surface area contributed by atoms with Gasteiger partial charge in [-0.3, -0.25) is 9.36 Å². The van der Waals surface area contributed by atoms with Crippen LogP contribution < -0.4 is 33.8 Å². The maximum absolute atomic E-state index is 13.8. The third kappa shape index (κ3) is 4.84. The van der Waals surface area contributed by atoms with Gasteiger partial charge >= 0.3 is 5.97 Å². The summed E-state index contributed by atoms with van der Waals surface area (Å²) in [7, 11) is 6.21. The summed E-state index contributed by atoms with van der Waals surface area (Å²) in [4.78, 5) is 32.0. The molecule has 2 aromatic carbocycles. The van der Waals surface area contributed by atoms with Crippen LogP contribution in [0.5, 0.6) is 23.0 Å². The second-order valence-corrected chi connectivity index (χ2v) is 9.03. The van der Waals surface area contributed by atoms with Crippen molar-refractivity contribution >= 4 is 23.4 Å². The number of thiazole rings is 1. The van der Waals surface area contributed by atoms with Crippen molar-refractivity contribution in [2.45, 2.75) is 19.9 Å². The average Bonchev–Trinajstić information content (AvgIpc) is 3.21. The van der Waals surface area contributed by atoms with Crippen LogP contribution in [-0.2, 0) is 9.53 Å². The highest BCUT2D eigenvalue weighted by Gasteiger charge is 2.34. The predicted molar refractivity (Wildman–Crippen MR) is 139 cm³/mol. The number of rotatable bonds is 8. The van der Waals surface area contributed by atoms with Crippen LogP contribution in [0, 0.1) is 0 Å². The second kappa shape index (κ2) is 10.9. The Hall–Kier alpha value is -4.05. The number of allylic oxidation sites excluding steroid dienone is 1. The zero-order chi connectivity index (χ0) is 26.7. The molecule has 0 fully saturated rings. The Kier molecular flexibility index (Phi) is 7.68. The molecule has 4 rings (SSSR count). The number of methoxy groups -OCH3 is 4. The lowest BCUT2D eigenvalue weighted by atomic mass is 9.95. The van der Waals surface area contributed by atoms with E-state index in [0.717, 1.165) is 0 Å². The van der Waals surface area contributed by atoms with Crippen molar-refractivity contribution in [3.8, 4) is 23.0 Å². The number of fused-ring (bicyclic) bond motifs is 1. The van der Waals surface area contributed by atoms with Gasteiger partial charge in [-0.25, -0.2) is 9.79 Å². The average molecular weight is 525 g/mol. The Balaban J connectivity index is 1.98. The molecular formula is C27H28N2O7S. The van der Waals surface area contributed by atoms with E-state index in [2.05, 4.69) is 4.99 Å². The molecular weight excluding hydrogens is 496 g/mol. The SMILES string of the molecule is CCOC(=O)C1=C(C)N=c2sc(=Cc3cc(OC)ccc3OC)c(=O)n2[C@H]1c1ccc(OC)c(OC)c1. The molecule has 0 N–H and O–H groups in total. The van der Waals surface area contributed by atoms with E-state index in [0.29, 0.717) is 49.2 Å². The second-order valence-electron chi connectivity index (χ2n) is 8.02. The first-order chi connectivity index (χ1) is 17.9. The highest BCUT2D eigenvalue weighted by Crippen LogP contribution is 2.36. The van der Waals surface area contributed by atoms with Gasteiger partial charge in [0.15, 0.2) is 16.3 Å². The van der Waals surface area contributed by atoms with E-state index in [1.165, 1.54) is 23.0 Å². The van der Waals surface area contributed by atoms with Crippen LogP contribution in [-0.4, -0.2) is 45.6 Å². The number of nitrogens with zero attached hydrogens (tertiary/aromatic N) is 2. The smallest absolute Gasteiger partial charge is 0.338 e.